The van der Waals surface area contributed by atoms with Crippen molar-refractivity contribution in [2.45, 2.75) is 19.4 Å². The van der Waals surface area contributed by atoms with E-state index < -0.39 is 0 Å². The minimum Gasteiger partial charge on any atom is -0.311 e. The molecule has 0 aliphatic carbocycles. The van der Waals surface area contributed by atoms with Gasteiger partial charge in [-0.15, -0.1) is 0 Å². The maximum Gasteiger partial charge on any atom is 0.0522 e. The van der Waals surface area contributed by atoms with Gasteiger partial charge >= 0.3 is 0 Å². The van der Waals surface area contributed by atoms with E-state index >= 15 is 0 Å². The fourth-order valence-corrected chi connectivity index (χ4v) is 1.32. The SMILES string of the molecule is c1n[nH]c2c1CCCNC2. The molecule has 0 unspecified atom stereocenters. The standard InChI is InChI=1S/C7H11N3/c1-2-6-4-9-10-7(6)5-8-3-1/h4,8H,1-3,5H2,(H,9,10). The van der Waals surface area contributed by atoms with Crippen LogP contribution in [0, 0.1) is 0 Å². The first-order valence-electron chi connectivity index (χ1n) is 3.68. The Morgan fingerprint density at radius 3 is 3.50 bits per heavy atom. The van der Waals surface area contributed by atoms with Gasteiger partial charge in [0.2, 0.25) is 0 Å². The van der Waals surface area contributed by atoms with Crippen LogP contribution in [-0.4, -0.2) is 16.7 Å². The van der Waals surface area contributed by atoms with Crippen LogP contribution in [0.15, 0.2) is 6.20 Å². The fourth-order valence-electron chi connectivity index (χ4n) is 1.32. The van der Waals surface area contributed by atoms with Crippen LogP contribution in [0.1, 0.15) is 17.7 Å². The number of hydrogen-bond acceptors (Lipinski definition) is 2. The minimum atomic E-state index is 0.954. The molecule has 2 rings (SSSR count). The van der Waals surface area contributed by atoms with Crippen molar-refractivity contribution in [3.05, 3.63) is 17.5 Å². The van der Waals surface area contributed by atoms with Gasteiger partial charge in [0.15, 0.2) is 0 Å². The van der Waals surface area contributed by atoms with Gasteiger partial charge in [-0.2, -0.15) is 5.10 Å². The van der Waals surface area contributed by atoms with Crippen LogP contribution in [0.3, 0.4) is 0 Å². The molecule has 3 heteroatoms. The molecule has 0 bridgehead atoms. The van der Waals surface area contributed by atoms with E-state index in [1.807, 2.05) is 6.20 Å². The molecule has 0 aromatic carbocycles. The minimum absolute atomic E-state index is 0.954. The Morgan fingerprint density at radius 2 is 2.50 bits per heavy atom. The van der Waals surface area contributed by atoms with Gasteiger partial charge in [-0.1, -0.05) is 0 Å². The van der Waals surface area contributed by atoms with Crippen molar-refractivity contribution in [1.29, 1.82) is 0 Å². The number of nitrogens with one attached hydrogen (secondary N) is 2. The van der Waals surface area contributed by atoms with E-state index in [1.165, 1.54) is 24.1 Å². The Hall–Kier alpha value is -0.830. The number of rotatable bonds is 0. The maximum absolute atomic E-state index is 3.98. The Kier molecular flexibility index (Phi) is 1.43. The van der Waals surface area contributed by atoms with Gasteiger partial charge in [-0.25, -0.2) is 0 Å². The predicted molar refractivity (Wildman–Crippen MR) is 38.6 cm³/mol. The summed E-state index contributed by atoms with van der Waals surface area (Å²) in [5.74, 6) is 0. The number of H-pyrrole nitrogens is 1. The van der Waals surface area contributed by atoms with Gasteiger partial charge in [0, 0.05) is 6.54 Å². The third kappa shape index (κ3) is 0.926. The van der Waals surface area contributed by atoms with Crippen molar-refractivity contribution in [3.63, 3.8) is 0 Å². The molecule has 0 atom stereocenters. The molecule has 0 saturated carbocycles. The average Bonchev–Trinajstić information content (AvgIpc) is 2.28. The molecule has 3 nitrogen and oxygen atoms in total. The molecule has 2 heterocycles. The van der Waals surface area contributed by atoms with Crippen molar-refractivity contribution < 1.29 is 0 Å². The smallest absolute Gasteiger partial charge is 0.0522 e. The third-order valence-corrected chi connectivity index (χ3v) is 1.91. The lowest BCUT2D eigenvalue weighted by atomic mass is 10.2. The number of nitrogens with zero attached hydrogens (tertiary/aromatic N) is 1. The number of aryl methyl sites for hydroxylation is 1. The monoisotopic (exact) mass is 137 g/mol. The van der Waals surface area contributed by atoms with E-state index in [9.17, 15) is 0 Å². The Labute approximate surface area is 59.8 Å². The van der Waals surface area contributed by atoms with Gasteiger partial charge in [-0.3, -0.25) is 5.10 Å². The van der Waals surface area contributed by atoms with Crippen molar-refractivity contribution in [2.24, 2.45) is 0 Å². The summed E-state index contributed by atoms with van der Waals surface area (Å²) in [5.41, 5.74) is 2.64. The van der Waals surface area contributed by atoms with Crippen LogP contribution in [0.25, 0.3) is 0 Å². The zero-order valence-electron chi connectivity index (χ0n) is 5.85. The molecular formula is C7H11N3. The van der Waals surface area contributed by atoms with Crippen LogP contribution < -0.4 is 5.32 Å². The molecule has 1 aromatic heterocycles. The first kappa shape index (κ1) is 5.92. The normalized spacial score (nSPS) is 18.0. The Balaban J connectivity index is 2.28. The summed E-state index contributed by atoms with van der Waals surface area (Å²) in [6, 6.07) is 0. The van der Waals surface area contributed by atoms with E-state index in [2.05, 4.69) is 15.5 Å². The summed E-state index contributed by atoms with van der Waals surface area (Å²) >= 11 is 0. The lowest BCUT2D eigenvalue weighted by Gasteiger charge is -1.94. The second-order valence-electron chi connectivity index (χ2n) is 2.65. The Bertz CT molecular complexity index is 196. The molecule has 10 heavy (non-hydrogen) atoms. The van der Waals surface area contributed by atoms with Crippen molar-refractivity contribution in [2.75, 3.05) is 6.54 Å². The summed E-state index contributed by atoms with van der Waals surface area (Å²) < 4.78 is 0. The molecule has 0 fully saturated rings. The van der Waals surface area contributed by atoms with Crippen molar-refractivity contribution >= 4 is 0 Å². The lowest BCUT2D eigenvalue weighted by molar-refractivity contribution is 0.668. The number of aromatic amines is 1. The number of hydrogen-bond donors (Lipinski definition) is 2. The van der Waals surface area contributed by atoms with Crippen LogP contribution in [0.4, 0.5) is 0 Å². The molecule has 1 aliphatic heterocycles. The molecule has 2 N–H and O–H groups in total. The zero-order valence-corrected chi connectivity index (χ0v) is 5.85. The third-order valence-electron chi connectivity index (χ3n) is 1.91. The van der Waals surface area contributed by atoms with E-state index in [-0.39, 0.29) is 0 Å². The highest BCUT2D eigenvalue weighted by Crippen LogP contribution is 2.09. The van der Waals surface area contributed by atoms with E-state index in [0.717, 1.165) is 13.1 Å². The van der Waals surface area contributed by atoms with E-state index in [1.54, 1.807) is 0 Å². The highest BCUT2D eigenvalue weighted by Gasteiger charge is 2.07. The van der Waals surface area contributed by atoms with Gasteiger partial charge < -0.3 is 5.32 Å². The van der Waals surface area contributed by atoms with Gasteiger partial charge in [-0.05, 0) is 24.9 Å². The van der Waals surface area contributed by atoms with Crippen LogP contribution in [0.5, 0.6) is 0 Å². The highest BCUT2D eigenvalue weighted by atomic mass is 15.1. The molecule has 1 aliphatic rings. The zero-order chi connectivity index (χ0) is 6.81. The molecule has 0 spiro atoms. The molecule has 1 aromatic rings. The first-order chi connectivity index (χ1) is 4.97. The number of aromatic nitrogens is 2. The van der Waals surface area contributed by atoms with E-state index in [4.69, 9.17) is 0 Å². The van der Waals surface area contributed by atoms with Crippen molar-refractivity contribution in [3.8, 4) is 0 Å². The quantitative estimate of drug-likeness (QED) is 0.545. The van der Waals surface area contributed by atoms with Gasteiger partial charge in [0.05, 0.1) is 11.9 Å². The van der Waals surface area contributed by atoms with E-state index in [0.29, 0.717) is 0 Å². The summed E-state index contributed by atoms with van der Waals surface area (Å²) in [6.07, 6.45) is 4.33. The second kappa shape index (κ2) is 2.42. The molecular weight excluding hydrogens is 126 g/mol. The fraction of sp³-hybridized carbons (Fsp3) is 0.571. The van der Waals surface area contributed by atoms with Crippen molar-refractivity contribution in [1.82, 2.24) is 15.5 Å². The highest BCUT2D eigenvalue weighted by molar-refractivity contribution is 5.17. The topological polar surface area (TPSA) is 40.7 Å². The van der Waals surface area contributed by atoms with Gasteiger partial charge in [0.25, 0.3) is 0 Å². The first-order valence-corrected chi connectivity index (χ1v) is 3.68. The molecule has 0 radical (unpaired) electrons. The number of fused-ring (bicyclic) bond motifs is 1. The second-order valence-corrected chi connectivity index (χ2v) is 2.65. The maximum atomic E-state index is 3.98. The summed E-state index contributed by atoms with van der Waals surface area (Å²) in [4.78, 5) is 0. The van der Waals surface area contributed by atoms with Crippen LogP contribution in [-0.2, 0) is 13.0 Å². The summed E-state index contributed by atoms with van der Waals surface area (Å²) in [5, 5.41) is 10.3. The lowest BCUT2D eigenvalue weighted by Crippen LogP contribution is -2.12. The molecule has 0 amide bonds. The average molecular weight is 137 g/mol. The molecule has 54 valence electrons. The predicted octanol–water partition coefficient (Wildman–Crippen LogP) is 0.445. The largest absolute Gasteiger partial charge is 0.311 e. The molecule has 0 saturated heterocycles. The van der Waals surface area contributed by atoms with Crippen LogP contribution >= 0.6 is 0 Å². The summed E-state index contributed by atoms with van der Waals surface area (Å²) in [7, 11) is 0. The summed E-state index contributed by atoms with van der Waals surface area (Å²) in [6.45, 7) is 2.08. The van der Waals surface area contributed by atoms with Crippen LogP contribution in [0.2, 0.25) is 0 Å². The Morgan fingerprint density at radius 1 is 1.50 bits per heavy atom. The van der Waals surface area contributed by atoms with Gasteiger partial charge in [0.1, 0.15) is 0 Å².